The van der Waals surface area contributed by atoms with Gasteiger partial charge in [0.15, 0.2) is 5.69 Å². The quantitative estimate of drug-likeness (QED) is 0.746. The van der Waals surface area contributed by atoms with Gasteiger partial charge in [-0.3, -0.25) is 14.8 Å². The van der Waals surface area contributed by atoms with Gasteiger partial charge in [-0.25, -0.2) is 0 Å². The molecule has 0 spiro atoms. The zero-order chi connectivity index (χ0) is 17.1. The van der Waals surface area contributed by atoms with Crippen LogP contribution >= 0.6 is 12.4 Å². The molecular weight excluding hydrogens is 350 g/mol. The number of likely N-dealkylation sites (tertiary alicyclic amines) is 1. The molecule has 1 saturated heterocycles. The highest BCUT2D eigenvalue weighted by Gasteiger charge is 2.26. The van der Waals surface area contributed by atoms with Crippen LogP contribution in [0.4, 0.5) is 0 Å². The van der Waals surface area contributed by atoms with E-state index in [4.69, 9.17) is 0 Å². The Bertz CT molecular complexity index is 733. The lowest BCUT2D eigenvalue weighted by molar-refractivity contribution is 0.0933. The summed E-state index contributed by atoms with van der Waals surface area (Å²) in [4.78, 5) is 15.0. The van der Waals surface area contributed by atoms with E-state index in [9.17, 15) is 4.79 Å². The molecule has 140 valence electrons. The summed E-state index contributed by atoms with van der Waals surface area (Å²) in [6, 6.07) is 10.9. The largest absolute Gasteiger partial charge is 0.349 e. The van der Waals surface area contributed by atoms with Gasteiger partial charge in [-0.15, -0.1) is 12.4 Å². The highest BCUT2D eigenvalue weighted by molar-refractivity contribution is 5.94. The van der Waals surface area contributed by atoms with Crippen LogP contribution < -0.4 is 10.6 Å². The number of halogens is 1. The Morgan fingerprint density at radius 1 is 1.31 bits per heavy atom. The first-order valence-corrected chi connectivity index (χ1v) is 9.14. The van der Waals surface area contributed by atoms with Gasteiger partial charge in [0.2, 0.25) is 0 Å². The van der Waals surface area contributed by atoms with Crippen molar-refractivity contribution in [3.05, 3.63) is 52.8 Å². The van der Waals surface area contributed by atoms with Crippen LogP contribution in [0.15, 0.2) is 30.3 Å². The Labute approximate surface area is 160 Å². The van der Waals surface area contributed by atoms with Crippen molar-refractivity contribution in [2.45, 2.75) is 38.4 Å². The van der Waals surface area contributed by atoms with Crippen molar-refractivity contribution in [2.75, 3.05) is 19.6 Å². The van der Waals surface area contributed by atoms with E-state index in [0.29, 0.717) is 18.3 Å². The van der Waals surface area contributed by atoms with E-state index >= 15 is 0 Å². The number of H-pyrrole nitrogens is 1. The second-order valence-corrected chi connectivity index (χ2v) is 6.92. The summed E-state index contributed by atoms with van der Waals surface area (Å²) in [5, 5.41) is 13.7. The number of hydrogen-bond donors (Lipinski definition) is 3. The summed E-state index contributed by atoms with van der Waals surface area (Å²) in [7, 11) is 0. The third kappa shape index (κ3) is 4.09. The molecule has 3 heterocycles. The molecule has 1 unspecified atom stereocenters. The van der Waals surface area contributed by atoms with E-state index in [2.05, 4.69) is 50.0 Å². The number of amides is 1. The molecule has 1 fully saturated rings. The zero-order valence-corrected chi connectivity index (χ0v) is 15.6. The van der Waals surface area contributed by atoms with E-state index in [1.807, 2.05) is 6.07 Å². The third-order valence-electron chi connectivity index (χ3n) is 5.25. The number of aromatic nitrogens is 2. The van der Waals surface area contributed by atoms with Crippen molar-refractivity contribution in [3.8, 4) is 0 Å². The van der Waals surface area contributed by atoms with Gasteiger partial charge >= 0.3 is 0 Å². The van der Waals surface area contributed by atoms with Crippen molar-refractivity contribution in [1.82, 2.24) is 25.7 Å². The van der Waals surface area contributed by atoms with E-state index in [1.165, 1.54) is 12.0 Å². The molecule has 3 N–H and O–H groups in total. The molecule has 2 aliphatic heterocycles. The van der Waals surface area contributed by atoms with E-state index in [1.54, 1.807) is 0 Å². The minimum atomic E-state index is -0.0623. The molecule has 1 aromatic heterocycles. The molecule has 7 heteroatoms. The van der Waals surface area contributed by atoms with Crippen LogP contribution in [0.3, 0.4) is 0 Å². The van der Waals surface area contributed by atoms with Crippen LogP contribution in [0.1, 0.15) is 40.2 Å². The standard InChI is InChI=1S/C19H25N5O.ClH/c25-19(18-16-12-20-9-8-17(16)22-23-18)21-11-15-7-4-10-24(15)13-14-5-2-1-3-6-14;/h1-3,5-6,15,20H,4,7-13H2,(H,21,25)(H,22,23);1H. The number of rotatable bonds is 5. The van der Waals surface area contributed by atoms with Crippen molar-refractivity contribution in [2.24, 2.45) is 0 Å². The van der Waals surface area contributed by atoms with Crippen LogP contribution in [-0.4, -0.2) is 46.7 Å². The number of carbonyl (C=O) groups is 1. The number of fused-ring (bicyclic) bond motifs is 1. The molecule has 4 rings (SSSR count). The molecule has 0 saturated carbocycles. The number of benzene rings is 1. The average molecular weight is 376 g/mol. The molecule has 26 heavy (non-hydrogen) atoms. The van der Waals surface area contributed by atoms with Gasteiger partial charge in [-0.1, -0.05) is 30.3 Å². The van der Waals surface area contributed by atoms with Crippen molar-refractivity contribution in [1.29, 1.82) is 0 Å². The van der Waals surface area contributed by atoms with Crippen LogP contribution in [0.5, 0.6) is 0 Å². The lowest BCUT2D eigenvalue weighted by Crippen LogP contribution is -2.40. The maximum atomic E-state index is 12.6. The molecule has 2 aliphatic rings. The van der Waals surface area contributed by atoms with E-state index in [0.717, 1.165) is 50.3 Å². The molecular formula is C19H26ClN5O. The van der Waals surface area contributed by atoms with Gasteiger partial charge in [0.1, 0.15) is 0 Å². The lowest BCUT2D eigenvalue weighted by Gasteiger charge is -2.24. The molecule has 0 aliphatic carbocycles. The fourth-order valence-electron chi connectivity index (χ4n) is 3.86. The topological polar surface area (TPSA) is 73.0 Å². The summed E-state index contributed by atoms with van der Waals surface area (Å²) >= 11 is 0. The summed E-state index contributed by atoms with van der Waals surface area (Å²) in [5.41, 5.74) is 4.00. The SMILES string of the molecule is Cl.O=C(NCC1CCCN1Cc1ccccc1)c1n[nH]c2c1CNCC2. The van der Waals surface area contributed by atoms with Crippen molar-refractivity contribution < 1.29 is 4.79 Å². The maximum Gasteiger partial charge on any atom is 0.272 e. The Morgan fingerprint density at radius 3 is 3.00 bits per heavy atom. The van der Waals surface area contributed by atoms with Gasteiger partial charge in [-0.2, -0.15) is 5.10 Å². The number of hydrogen-bond acceptors (Lipinski definition) is 4. The van der Waals surface area contributed by atoms with E-state index < -0.39 is 0 Å². The number of nitrogens with zero attached hydrogens (tertiary/aromatic N) is 2. The molecule has 1 atom stereocenters. The molecule has 2 aromatic rings. The minimum Gasteiger partial charge on any atom is -0.349 e. The summed E-state index contributed by atoms with van der Waals surface area (Å²) in [5.74, 6) is -0.0623. The second kappa shape index (κ2) is 8.66. The molecule has 6 nitrogen and oxygen atoms in total. The Hall–Kier alpha value is -1.89. The molecule has 1 aromatic carbocycles. The molecule has 0 radical (unpaired) electrons. The number of carbonyl (C=O) groups excluding carboxylic acids is 1. The van der Waals surface area contributed by atoms with E-state index in [-0.39, 0.29) is 18.3 Å². The van der Waals surface area contributed by atoms with Crippen molar-refractivity contribution >= 4 is 18.3 Å². The third-order valence-corrected chi connectivity index (χ3v) is 5.25. The number of nitrogens with one attached hydrogen (secondary N) is 3. The van der Waals surface area contributed by atoms with Crippen LogP contribution in [0.25, 0.3) is 0 Å². The first-order chi connectivity index (χ1) is 12.3. The second-order valence-electron chi connectivity index (χ2n) is 6.92. The molecule has 1 amide bonds. The molecule has 0 bridgehead atoms. The maximum absolute atomic E-state index is 12.6. The summed E-state index contributed by atoms with van der Waals surface area (Å²) in [6.45, 7) is 4.38. The van der Waals surface area contributed by atoms with Crippen LogP contribution in [0.2, 0.25) is 0 Å². The van der Waals surface area contributed by atoms with Crippen molar-refractivity contribution in [3.63, 3.8) is 0 Å². The van der Waals surface area contributed by atoms with Gasteiger partial charge in [0.25, 0.3) is 5.91 Å². The van der Waals surface area contributed by atoms with Gasteiger partial charge in [-0.05, 0) is 24.9 Å². The normalized spacial score (nSPS) is 19.6. The van der Waals surface area contributed by atoms with Crippen LogP contribution in [-0.2, 0) is 19.5 Å². The predicted molar refractivity (Wildman–Crippen MR) is 103 cm³/mol. The summed E-state index contributed by atoms with van der Waals surface area (Å²) in [6.07, 6.45) is 3.23. The van der Waals surface area contributed by atoms with Gasteiger partial charge in [0, 0.05) is 49.9 Å². The predicted octanol–water partition coefficient (Wildman–Crippen LogP) is 1.87. The fraction of sp³-hybridized carbons (Fsp3) is 0.474. The highest BCUT2D eigenvalue weighted by atomic mass is 35.5. The zero-order valence-electron chi connectivity index (χ0n) is 14.8. The number of aromatic amines is 1. The average Bonchev–Trinajstić information content (AvgIpc) is 3.27. The first-order valence-electron chi connectivity index (χ1n) is 9.14. The van der Waals surface area contributed by atoms with Gasteiger partial charge in [0.05, 0.1) is 0 Å². The highest BCUT2D eigenvalue weighted by Crippen LogP contribution is 2.20. The lowest BCUT2D eigenvalue weighted by atomic mass is 10.1. The monoisotopic (exact) mass is 375 g/mol. The fourth-order valence-corrected chi connectivity index (χ4v) is 3.86. The minimum absolute atomic E-state index is 0. The summed E-state index contributed by atoms with van der Waals surface area (Å²) < 4.78 is 0. The Balaban J connectivity index is 0.00000196. The Morgan fingerprint density at radius 2 is 2.15 bits per heavy atom. The first kappa shape index (κ1) is 18.9. The van der Waals surface area contributed by atoms with Crippen LogP contribution in [0, 0.1) is 0 Å². The van der Waals surface area contributed by atoms with Gasteiger partial charge < -0.3 is 10.6 Å². The smallest absolute Gasteiger partial charge is 0.272 e. The Kier molecular flexibility index (Phi) is 6.29.